The maximum atomic E-state index is 13.4. The molecule has 2 aromatic rings. The summed E-state index contributed by atoms with van der Waals surface area (Å²) >= 11 is 0. The molecule has 0 fully saturated rings. The molecule has 2 aromatic carbocycles. The lowest BCUT2D eigenvalue weighted by molar-refractivity contribution is -0.119. The summed E-state index contributed by atoms with van der Waals surface area (Å²) in [5.74, 6) is 0.205. The third-order valence-corrected chi connectivity index (χ3v) is 5.76. The fourth-order valence-electron chi connectivity index (χ4n) is 4.42. The Bertz CT molecular complexity index is 834. The number of amides is 2. The molecule has 0 saturated carbocycles. The van der Waals surface area contributed by atoms with Crippen molar-refractivity contribution in [3.8, 4) is 0 Å². The molecular weight excluding hydrogens is 360 g/mol. The largest absolute Gasteiger partial charge is 0.309 e. The first-order valence-electron chi connectivity index (χ1n) is 10.8. The number of carbonyl (C=O) groups is 2. The second-order valence-corrected chi connectivity index (χ2v) is 7.96. The summed E-state index contributed by atoms with van der Waals surface area (Å²) in [5.41, 5.74) is 2.89. The molecule has 0 radical (unpaired) electrons. The highest BCUT2D eigenvalue weighted by atomic mass is 16.2. The van der Waals surface area contributed by atoms with Gasteiger partial charge in [-0.05, 0) is 43.5 Å². The summed E-state index contributed by atoms with van der Waals surface area (Å²) < 4.78 is 0. The molecule has 0 aliphatic carbocycles. The van der Waals surface area contributed by atoms with Gasteiger partial charge in [0.15, 0.2) is 0 Å². The first-order valence-corrected chi connectivity index (χ1v) is 10.8. The normalized spacial score (nSPS) is 18.2. The SMILES string of the molecule is CCCCCCC(=O)N(c1ccccc1)[C@H]1C[C@@H](C)N(C(C)=O)c2ccccc21. The van der Waals surface area contributed by atoms with Gasteiger partial charge in [-0.25, -0.2) is 0 Å². The molecule has 1 aliphatic heterocycles. The summed E-state index contributed by atoms with van der Waals surface area (Å²) in [5, 5.41) is 0. The minimum absolute atomic E-state index is 0.0338. The number of hydrogen-bond donors (Lipinski definition) is 0. The fraction of sp³-hybridized carbons (Fsp3) is 0.440. The summed E-state index contributed by atoms with van der Waals surface area (Å²) in [4.78, 5) is 29.5. The minimum Gasteiger partial charge on any atom is -0.309 e. The van der Waals surface area contributed by atoms with E-state index in [-0.39, 0.29) is 23.9 Å². The molecule has 0 aromatic heterocycles. The zero-order valence-electron chi connectivity index (χ0n) is 17.8. The maximum Gasteiger partial charge on any atom is 0.227 e. The Morgan fingerprint density at radius 2 is 1.69 bits per heavy atom. The van der Waals surface area contributed by atoms with Crippen molar-refractivity contribution in [3.05, 3.63) is 60.2 Å². The van der Waals surface area contributed by atoms with Gasteiger partial charge < -0.3 is 9.80 Å². The molecule has 0 unspecified atom stereocenters. The lowest BCUT2D eigenvalue weighted by Gasteiger charge is -2.43. The Balaban J connectivity index is 1.98. The molecule has 0 N–H and O–H groups in total. The standard InChI is InChI=1S/C25H32N2O2/c1-4-5-6-10-17-25(29)27(21-13-8-7-9-14-21)24-18-19(2)26(20(3)28)23-16-12-11-15-22(23)24/h7-9,11-16,19,24H,4-6,10,17-18H2,1-3H3/t19-,24+/m1/s1. The van der Waals surface area contributed by atoms with Crippen molar-refractivity contribution in [2.75, 3.05) is 9.80 Å². The topological polar surface area (TPSA) is 40.6 Å². The molecule has 154 valence electrons. The molecule has 0 bridgehead atoms. The number of hydrogen-bond acceptors (Lipinski definition) is 2. The van der Waals surface area contributed by atoms with E-state index in [1.54, 1.807) is 6.92 Å². The van der Waals surface area contributed by atoms with Crippen LogP contribution in [0, 0.1) is 0 Å². The summed E-state index contributed by atoms with van der Waals surface area (Å²) in [6, 6.07) is 17.9. The summed E-state index contributed by atoms with van der Waals surface area (Å²) in [6.07, 6.45) is 5.60. The molecule has 2 amide bonds. The minimum atomic E-state index is -0.0714. The van der Waals surface area contributed by atoms with Gasteiger partial charge in [-0.2, -0.15) is 0 Å². The van der Waals surface area contributed by atoms with E-state index in [0.29, 0.717) is 6.42 Å². The van der Waals surface area contributed by atoms with Gasteiger partial charge in [0.1, 0.15) is 0 Å². The van der Waals surface area contributed by atoms with Crippen LogP contribution in [0.5, 0.6) is 0 Å². The second kappa shape index (κ2) is 9.73. The second-order valence-electron chi connectivity index (χ2n) is 7.96. The van der Waals surface area contributed by atoms with E-state index in [9.17, 15) is 9.59 Å². The van der Waals surface area contributed by atoms with Crippen LogP contribution in [0.1, 0.15) is 70.9 Å². The number of fused-ring (bicyclic) bond motifs is 1. The quantitative estimate of drug-likeness (QED) is 0.552. The molecule has 4 nitrogen and oxygen atoms in total. The number of unbranched alkanes of at least 4 members (excludes halogenated alkanes) is 3. The monoisotopic (exact) mass is 392 g/mol. The average Bonchev–Trinajstić information content (AvgIpc) is 2.72. The highest BCUT2D eigenvalue weighted by Gasteiger charge is 2.37. The number of carbonyl (C=O) groups excluding carboxylic acids is 2. The molecule has 1 heterocycles. The highest BCUT2D eigenvalue weighted by Crippen LogP contribution is 2.42. The zero-order chi connectivity index (χ0) is 20.8. The molecule has 2 atom stereocenters. The van der Waals surface area contributed by atoms with Gasteiger partial charge in [0, 0.05) is 30.8 Å². The van der Waals surface area contributed by atoms with Gasteiger partial charge in [-0.1, -0.05) is 62.6 Å². The summed E-state index contributed by atoms with van der Waals surface area (Å²) in [6.45, 7) is 5.86. The van der Waals surface area contributed by atoms with E-state index >= 15 is 0 Å². The van der Waals surface area contributed by atoms with Crippen molar-refractivity contribution in [2.45, 2.75) is 71.4 Å². The van der Waals surface area contributed by atoms with E-state index in [1.165, 1.54) is 0 Å². The Morgan fingerprint density at radius 1 is 1.00 bits per heavy atom. The molecule has 4 heteroatoms. The van der Waals surface area contributed by atoms with Crippen LogP contribution in [0.15, 0.2) is 54.6 Å². The highest BCUT2D eigenvalue weighted by molar-refractivity contribution is 5.97. The molecule has 0 spiro atoms. The van der Waals surface area contributed by atoms with Crippen LogP contribution in [0.4, 0.5) is 11.4 Å². The van der Waals surface area contributed by atoms with Gasteiger partial charge in [0.05, 0.1) is 6.04 Å². The van der Waals surface area contributed by atoms with Crippen molar-refractivity contribution in [1.82, 2.24) is 0 Å². The number of benzene rings is 2. The lowest BCUT2D eigenvalue weighted by atomic mass is 9.89. The number of para-hydroxylation sites is 2. The van der Waals surface area contributed by atoms with Crippen molar-refractivity contribution in [3.63, 3.8) is 0 Å². The Kier molecular flexibility index (Phi) is 7.08. The van der Waals surface area contributed by atoms with Gasteiger partial charge in [-0.3, -0.25) is 9.59 Å². The molecule has 1 aliphatic rings. The van der Waals surface area contributed by atoms with Gasteiger partial charge in [0.25, 0.3) is 0 Å². The third-order valence-electron chi connectivity index (χ3n) is 5.76. The van der Waals surface area contributed by atoms with Crippen LogP contribution in [-0.2, 0) is 9.59 Å². The van der Waals surface area contributed by atoms with Crippen LogP contribution >= 0.6 is 0 Å². The van der Waals surface area contributed by atoms with Crippen LogP contribution in [0.25, 0.3) is 0 Å². The predicted molar refractivity (Wildman–Crippen MR) is 119 cm³/mol. The number of nitrogens with zero attached hydrogens (tertiary/aromatic N) is 2. The average molecular weight is 393 g/mol. The Labute approximate surface area is 174 Å². The van der Waals surface area contributed by atoms with Crippen molar-refractivity contribution in [2.24, 2.45) is 0 Å². The Hall–Kier alpha value is -2.62. The van der Waals surface area contributed by atoms with E-state index in [1.807, 2.05) is 58.3 Å². The van der Waals surface area contributed by atoms with E-state index in [2.05, 4.69) is 19.9 Å². The smallest absolute Gasteiger partial charge is 0.227 e. The number of rotatable bonds is 7. The van der Waals surface area contributed by atoms with Crippen molar-refractivity contribution in [1.29, 1.82) is 0 Å². The number of anilines is 2. The summed E-state index contributed by atoms with van der Waals surface area (Å²) in [7, 11) is 0. The van der Waals surface area contributed by atoms with Crippen LogP contribution in [0.2, 0.25) is 0 Å². The predicted octanol–water partition coefficient (Wildman–Crippen LogP) is 5.88. The fourth-order valence-corrected chi connectivity index (χ4v) is 4.42. The van der Waals surface area contributed by atoms with E-state index < -0.39 is 0 Å². The van der Waals surface area contributed by atoms with Crippen molar-refractivity contribution >= 4 is 23.2 Å². The van der Waals surface area contributed by atoms with Gasteiger partial charge in [-0.15, -0.1) is 0 Å². The first-order chi connectivity index (χ1) is 14.0. The molecule has 29 heavy (non-hydrogen) atoms. The van der Waals surface area contributed by atoms with Gasteiger partial charge >= 0.3 is 0 Å². The van der Waals surface area contributed by atoms with E-state index in [0.717, 1.165) is 49.0 Å². The molecule has 3 rings (SSSR count). The van der Waals surface area contributed by atoms with Crippen molar-refractivity contribution < 1.29 is 9.59 Å². The molecule has 0 saturated heterocycles. The zero-order valence-corrected chi connectivity index (χ0v) is 17.8. The third kappa shape index (κ3) is 4.69. The van der Waals surface area contributed by atoms with Crippen LogP contribution in [0.3, 0.4) is 0 Å². The maximum absolute atomic E-state index is 13.4. The van der Waals surface area contributed by atoms with Crippen LogP contribution in [-0.4, -0.2) is 17.9 Å². The lowest BCUT2D eigenvalue weighted by Crippen LogP contribution is -2.47. The molecular formula is C25H32N2O2. The van der Waals surface area contributed by atoms with Crippen LogP contribution < -0.4 is 9.80 Å². The Morgan fingerprint density at radius 3 is 2.38 bits per heavy atom. The van der Waals surface area contributed by atoms with E-state index in [4.69, 9.17) is 0 Å². The van der Waals surface area contributed by atoms with Gasteiger partial charge in [0.2, 0.25) is 11.8 Å². The first kappa shape index (κ1) is 21.1.